The lowest BCUT2D eigenvalue weighted by Gasteiger charge is -2.29. The summed E-state index contributed by atoms with van der Waals surface area (Å²) in [5, 5.41) is 13.3. The lowest BCUT2D eigenvalue weighted by Crippen LogP contribution is -2.46. The van der Waals surface area contributed by atoms with Gasteiger partial charge in [0.2, 0.25) is 0 Å². The summed E-state index contributed by atoms with van der Waals surface area (Å²) in [6, 6.07) is 18.3. The number of nitrogens with zero attached hydrogens (tertiary/aromatic N) is 1. The SMILES string of the molecule is C=C/C=C\C(C(=O)Nc1ccc(CC(=O)OCC(CO)(C(=O)OCC)c2ccccc2)cc1N1CCCC1)=C(/C)c1ccc(C(F)(F)F)cc1. The van der Waals surface area contributed by atoms with Crippen molar-refractivity contribution < 1.29 is 42.1 Å². The van der Waals surface area contributed by atoms with Crippen LogP contribution < -0.4 is 10.2 Å². The number of nitrogens with one attached hydrogen (secondary N) is 1. The van der Waals surface area contributed by atoms with Gasteiger partial charge in [0, 0.05) is 18.7 Å². The predicted molar refractivity (Wildman–Crippen MR) is 186 cm³/mol. The highest BCUT2D eigenvalue weighted by Crippen LogP contribution is 2.34. The molecular formula is C39H41F3N2O6. The maximum Gasteiger partial charge on any atom is 0.416 e. The third-order valence-electron chi connectivity index (χ3n) is 8.54. The number of halogens is 3. The van der Waals surface area contributed by atoms with E-state index in [1.54, 1.807) is 74.5 Å². The second-order valence-corrected chi connectivity index (χ2v) is 11.9. The Labute approximate surface area is 289 Å². The fourth-order valence-corrected chi connectivity index (χ4v) is 5.71. The van der Waals surface area contributed by atoms with Crippen LogP contribution in [-0.4, -0.2) is 55.9 Å². The van der Waals surface area contributed by atoms with Crippen LogP contribution in [0.15, 0.2) is 103 Å². The van der Waals surface area contributed by atoms with Gasteiger partial charge in [0.05, 0.1) is 36.6 Å². The van der Waals surface area contributed by atoms with Crippen LogP contribution in [0.25, 0.3) is 5.57 Å². The van der Waals surface area contributed by atoms with Gasteiger partial charge in [0.1, 0.15) is 12.0 Å². The lowest BCUT2D eigenvalue weighted by atomic mass is 9.82. The van der Waals surface area contributed by atoms with Gasteiger partial charge >= 0.3 is 18.1 Å². The molecule has 1 saturated heterocycles. The average Bonchev–Trinajstić information content (AvgIpc) is 3.65. The monoisotopic (exact) mass is 690 g/mol. The molecule has 11 heteroatoms. The molecule has 1 atom stereocenters. The van der Waals surface area contributed by atoms with Gasteiger partial charge in [-0.05, 0) is 79.3 Å². The van der Waals surface area contributed by atoms with Crippen LogP contribution in [0, 0.1) is 0 Å². The zero-order valence-corrected chi connectivity index (χ0v) is 28.1. The van der Waals surface area contributed by atoms with E-state index in [9.17, 15) is 32.7 Å². The second-order valence-electron chi connectivity index (χ2n) is 11.9. The van der Waals surface area contributed by atoms with Gasteiger partial charge < -0.3 is 24.8 Å². The number of aliphatic hydroxyl groups excluding tert-OH is 1. The number of ether oxygens (including phenoxy) is 2. The van der Waals surface area contributed by atoms with E-state index in [0.717, 1.165) is 38.1 Å². The number of esters is 2. The molecular weight excluding hydrogens is 649 g/mol. The molecule has 3 aromatic carbocycles. The normalized spacial score (nSPS) is 14.9. The number of amides is 1. The van der Waals surface area contributed by atoms with Gasteiger partial charge in [-0.15, -0.1) is 0 Å². The van der Waals surface area contributed by atoms with E-state index in [1.165, 1.54) is 18.2 Å². The Morgan fingerprint density at radius 1 is 0.960 bits per heavy atom. The van der Waals surface area contributed by atoms with Crippen LogP contribution in [-0.2, 0) is 41.9 Å². The fraction of sp³-hybridized carbons (Fsp3) is 0.308. The van der Waals surface area contributed by atoms with Crippen molar-refractivity contribution in [3.63, 3.8) is 0 Å². The highest BCUT2D eigenvalue weighted by Gasteiger charge is 2.43. The number of hydrogen-bond acceptors (Lipinski definition) is 7. The zero-order chi connectivity index (χ0) is 36.3. The minimum absolute atomic E-state index is 0.0833. The zero-order valence-electron chi connectivity index (χ0n) is 28.1. The first-order valence-corrected chi connectivity index (χ1v) is 16.3. The number of hydrogen-bond donors (Lipinski definition) is 2. The molecule has 3 aromatic rings. The summed E-state index contributed by atoms with van der Waals surface area (Å²) in [6.07, 6.45) is 1.87. The van der Waals surface area contributed by atoms with E-state index in [2.05, 4.69) is 16.8 Å². The third-order valence-corrected chi connectivity index (χ3v) is 8.54. The number of aliphatic hydroxyl groups is 1. The molecule has 1 aliphatic rings. The standard InChI is InChI=1S/C39H41F3N2O6/c1-4-6-14-32(27(3)29-16-18-31(19-17-29)39(40,41)42)36(47)43-33-20-15-28(23-34(33)44-21-10-11-22-44)24-35(46)50-26-38(25-45,37(48)49-5-2)30-12-8-7-9-13-30/h4,6-9,12-20,23,45H,1,5,10-11,21-22,24-26H2,2-3H3,(H,43,47)/b14-6-,32-27-. The molecule has 8 nitrogen and oxygen atoms in total. The van der Waals surface area contributed by atoms with Gasteiger partial charge in [0.15, 0.2) is 0 Å². The minimum atomic E-state index is -4.48. The van der Waals surface area contributed by atoms with Crippen LogP contribution in [0.3, 0.4) is 0 Å². The maximum absolute atomic E-state index is 13.7. The van der Waals surface area contributed by atoms with E-state index < -0.39 is 48.2 Å². The highest BCUT2D eigenvalue weighted by molar-refractivity contribution is 6.12. The van der Waals surface area contributed by atoms with Gasteiger partial charge in [-0.2, -0.15) is 13.2 Å². The molecule has 2 N–H and O–H groups in total. The molecule has 50 heavy (non-hydrogen) atoms. The largest absolute Gasteiger partial charge is 0.465 e. The summed E-state index contributed by atoms with van der Waals surface area (Å²) < 4.78 is 50.3. The third kappa shape index (κ3) is 9.09. The van der Waals surface area contributed by atoms with Crippen molar-refractivity contribution in [1.29, 1.82) is 0 Å². The molecule has 0 aliphatic carbocycles. The Morgan fingerprint density at radius 2 is 1.64 bits per heavy atom. The Balaban J connectivity index is 1.58. The van der Waals surface area contributed by atoms with Crippen LogP contribution >= 0.6 is 0 Å². The van der Waals surface area contributed by atoms with Crippen LogP contribution in [0.1, 0.15) is 48.9 Å². The molecule has 0 spiro atoms. The number of benzene rings is 3. The number of anilines is 2. The van der Waals surface area contributed by atoms with Crippen LogP contribution in [0.5, 0.6) is 0 Å². The summed E-state index contributed by atoms with van der Waals surface area (Å²) >= 11 is 0. The fourth-order valence-electron chi connectivity index (χ4n) is 5.71. The Hall–Kier alpha value is -5.16. The van der Waals surface area contributed by atoms with Crippen molar-refractivity contribution in [2.45, 2.75) is 44.7 Å². The quantitative estimate of drug-likeness (QED) is 0.106. The van der Waals surface area contributed by atoms with Crippen molar-refractivity contribution in [3.05, 3.63) is 125 Å². The first kappa shape index (κ1) is 37.7. The molecule has 264 valence electrons. The van der Waals surface area contributed by atoms with Gasteiger partial charge in [-0.3, -0.25) is 14.4 Å². The first-order chi connectivity index (χ1) is 23.9. The van der Waals surface area contributed by atoms with E-state index >= 15 is 0 Å². The van der Waals surface area contributed by atoms with Crippen molar-refractivity contribution in [2.75, 3.05) is 43.1 Å². The first-order valence-electron chi connectivity index (χ1n) is 16.3. The molecule has 4 rings (SSSR count). The summed E-state index contributed by atoms with van der Waals surface area (Å²) in [5.74, 6) is -1.81. The van der Waals surface area contributed by atoms with Crippen molar-refractivity contribution >= 4 is 34.8 Å². The van der Waals surface area contributed by atoms with E-state index in [4.69, 9.17) is 9.47 Å². The molecule has 1 unspecified atom stereocenters. The highest BCUT2D eigenvalue weighted by atomic mass is 19.4. The number of allylic oxidation sites excluding steroid dienone is 3. The lowest BCUT2D eigenvalue weighted by molar-refractivity contribution is -0.159. The maximum atomic E-state index is 13.7. The smallest absolute Gasteiger partial charge is 0.416 e. The van der Waals surface area contributed by atoms with Crippen molar-refractivity contribution in [2.24, 2.45) is 0 Å². The van der Waals surface area contributed by atoms with E-state index in [-0.39, 0.29) is 18.6 Å². The molecule has 1 fully saturated rings. The molecule has 1 amide bonds. The molecule has 0 radical (unpaired) electrons. The summed E-state index contributed by atoms with van der Waals surface area (Å²) in [4.78, 5) is 42.0. The van der Waals surface area contributed by atoms with Crippen molar-refractivity contribution in [1.82, 2.24) is 0 Å². The minimum Gasteiger partial charge on any atom is -0.465 e. The summed E-state index contributed by atoms with van der Waals surface area (Å²) in [7, 11) is 0. The molecule has 0 aromatic heterocycles. The molecule has 0 saturated carbocycles. The summed E-state index contributed by atoms with van der Waals surface area (Å²) in [6.45, 7) is 7.46. The average molecular weight is 691 g/mol. The molecule has 1 heterocycles. The number of carbonyl (C=O) groups excluding carboxylic acids is 3. The van der Waals surface area contributed by atoms with Crippen LogP contribution in [0.4, 0.5) is 24.5 Å². The topological polar surface area (TPSA) is 105 Å². The number of alkyl halides is 3. The second kappa shape index (κ2) is 17.0. The van der Waals surface area contributed by atoms with Gasteiger partial charge in [-0.1, -0.05) is 67.3 Å². The summed E-state index contributed by atoms with van der Waals surface area (Å²) in [5.41, 5.74) is 1.01. The van der Waals surface area contributed by atoms with E-state index in [0.29, 0.717) is 33.6 Å². The number of carbonyl (C=O) groups is 3. The molecule has 0 bridgehead atoms. The Kier molecular flexibility index (Phi) is 12.8. The number of rotatable bonds is 14. The van der Waals surface area contributed by atoms with Crippen LogP contribution in [0.2, 0.25) is 0 Å². The Bertz CT molecular complexity index is 1730. The van der Waals surface area contributed by atoms with E-state index in [1.807, 2.05) is 0 Å². The Morgan fingerprint density at radius 3 is 2.24 bits per heavy atom. The molecule has 1 aliphatic heterocycles. The van der Waals surface area contributed by atoms with Gasteiger partial charge in [-0.25, -0.2) is 0 Å². The van der Waals surface area contributed by atoms with Crippen molar-refractivity contribution in [3.8, 4) is 0 Å². The van der Waals surface area contributed by atoms with Gasteiger partial charge in [0.25, 0.3) is 5.91 Å². The predicted octanol–water partition coefficient (Wildman–Crippen LogP) is 7.04.